The zero-order valence-electron chi connectivity index (χ0n) is 13.1. The molecule has 0 aromatic heterocycles. The lowest BCUT2D eigenvalue weighted by molar-refractivity contribution is -0.140. The standard InChI is InChI=1S/C18H20N2O3/c1-12(14-6-4-3-5-7-14)19-17(22)18(23)20-13(2)15-8-10-16(21)11-9-15/h3-13,21H,1-2H3,(H,19,22)(H,20,23)/t12-,13-/m0/s1. The molecule has 3 N–H and O–H groups in total. The van der Waals surface area contributed by atoms with E-state index in [0.29, 0.717) is 0 Å². The summed E-state index contributed by atoms with van der Waals surface area (Å²) in [7, 11) is 0. The zero-order valence-corrected chi connectivity index (χ0v) is 13.1. The fourth-order valence-electron chi connectivity index (χ4n) is 2.20. The van der Waals surface area contributed by atoms with Gasteiger partial charge in [0.25, 0.3) is 0 Å². The van der Waals surface area contributed by atoms with E-state index in [1.165, 1.54) is 12.1 Å². The molecule has 120 valence electrons. The third-order valence-electron chi connectivity index (χ3n) is 3.59. The normalized spacial score (nSPS) is 13.0. The van der Waals surface area contributed by atoms with Crippen LogP contribution in [0.3, 0.4) is 0 Å². The summed E-state index contributed by atoms with van der Waals surface area (Å²) in [6.07, 6.45) is 0. The average Bonchev–Trinajstić information content (AvgIpc) is 2.56. The van der Waals surface area contributed by atoms with Crippen molar-refractivity contribution in [3.05, 3.63) is 65.7 Å². The molecule has 0 aliphatic heterocycles. The van der Waals surface area contributed by atoms with Gasteiger partial charge in [-0.2, -0.15) is 0 Å². The SMILES string of the molecule is C[C@H](NC(=O)C(=O)N[C@@H](C)c1ccc(O)cc1)c1ccccc1. The molecule has 0 fully saturated rings. The average molecular weight is 312 g/mol. The second-order valence-electron chi connectivity index (χ2n) is 5.39. The minimum atomic E-state index is -0.687. The van der Waals surface area contributed by atoms with Crippen LogP contribution in [0.2, 0.25) is 0 Å². The van der Waals surface area contributed by atoms with Crippen molar-refractivity contribution in [1.82, 2.24) is 10.6 Å². The van der Waals surface area contributed by atoms with E-state index < -0.39 is 11.8 Å². The van der Waals surface area contributed by atoms with E-state index in [-0.39, 0.29) is 17.8 Å². The number of aromatic hydroxyl groups is 1. The molecule has 2 rings (SSSR count). The van der Waals surface area contributed by atoms with Crippen molar-refractivity contribution in [2.45, 2.75) is 25.9 Å². The number of hydrogen-bond donors (Lipinski definition) is 3. The number of phenolic OH excluding ortho intramolecular Hbond substituents is 1. The fraction of sp³-hybridized carbons (Fsp3) is 0.222. The maximum atomic E-state index is 12.0. The summed E-state index contributed by atoms with van der Waals surface area (Å²) in [6.45, 7) is 3.60. The van der Waals surface area contributed by atoms with E-state index in [1.54, 1.807) is 19.1 Å². The molecule has 23 heavy (non-hydrogen) atoms. The Morgan fingerprint density at radius 2 is 1.22 bits per heavy atom. The smallest absolute Gasteiger partial charge is 0.309 e. The molecular formula is C18H20N2O3. The highest BCUT2D eigenvalue weighted by Gasteiger charge is 2.19. The zero-order chi connectivity index (χ0) is 16.8. The molecule has 5 heteroatoms. The van der Waals surface area contributed by atoms with Gasteiger partial charge in [0, 0.05) is 0 Å². The Morgan fingerprint density at radius 1 is 0.783 bits per heavy atom. The Morgan fingerprint density at radius 3 is 1.70 bits per heavy atom. The monoisotopic (exact) mass is 312 g/mol. The number of benzene rings is 2. The molecule has 2 atom stereocenters. The van der Waals surface area contributed by atoms with Crippen molar-refractivity contribution in [3.63, 3.8) is 0 Å². The lowest BCUT2D eigenvalue weighted by atomic mass is 10.1. The largest absolute Gasteiger partial charge is 0.508 e. The van der Waals surface area contributed by atoms with Crippen molar-refractivity contribution in [1.29, 1.82) is 0 Å². The summed E-state index contributed by atoms with van der Waals surface area (Å²) in [5.74, 6) is -1.21. The number of rotatable bonds is 4. The molecule has 0 radical (unpaired) electrons. The Balaban J connectivity index is 1.92. The predicted molar refractivity (Wildman–Crippen MR) is 87.7 cm³/mol. The van der Waals surface area contributed by atoms with Crippen molar-refractivity contribution in [3.8, 4) is 5.75 Å². The summed E-state index contributed by atoms with van der Waals surface area (Å²) >= 11 is 0. The van der Waals surface area contributed by atoms with Crippen LogP contribution in [0.5, 0.6) is 5.75 Å². The van der Waals surface area contributed by atoms with Crippen molar-refractivity contribution in [2.75, 3.05) is 0 Å². The van der Waals surface area contributed by atoms with Crippen LogP contribution in [0.15, 0.2) is 54.6 Å². The van der Waals surface area contributed by atoms with Gasteiger partial charge < -0.3 is 15.7 Å². The van der Waals surface area contributed by atoms with E-state index in [2.05, 4.69) is 10.6 Å². The molecule has 2 aromatic carbocycles. The van der Waals surface area contributed by atoms with E-state index in [4.69, 9.17) is 0 Å². The predicted octanol–water partition coefficient (Wildman–Crippen LogP) is 2.45. The van der Waals surface area contributed by atoms with E-state index >= 15 is 0 Å². The molecule has 0 bridgehead atoms. The van der Waals surface area contributed by atoms with Crippen LogP contribution in [-0.2, 0) is 9.59 Å². The minimum absolute atomic E-state index is 0.154. The highest BCUT2D eigenvalue weighted by atomic mass is 16.3. The highest BCUT2D eigenvalue weighted by Crippen LogP contribution is 2.16. The molecule has 0 aliphatic rings. The molecule has 0 saturated carbocycles. The van der Waals surface area contributed by atoms with Crippen LogP contribution in [0, 0.1) is 0 Å². The summed E-state index contributed by atoms with van der Waals surface area (Å²) in [6, 6.07) is 15.3. The topological polar surface area (TPSA) is 78.4 Å². The van der Waals surface area contributed by atoms with Gasteiger partial charge >= 0.3 is 11.8 Å². The third kappa shape index (κ3) is 4.57. The first kappa shape index (κ1) is 16.5. The van der Waals surface area contributed by atoms with Gasteiger partial charge in [-0.1, -0.05) is 42.5 Å². The number of carbonyl (C=O) groups is 2. The number of phenols is 1. The van der Waals surface area contributed by atoms with Gasteiger partial charge in [-0.3, -0.25) is 9.59 Å². The van der Waals surface area contributed by atoms with Gasteiger partial charge in [0.1, 0.15) is 5.75 Å². The van der Waals surface area contributed by atoms with Gasteiger partial charge in [-0.05, 0) is 37.1 Å². The van der Waals surface area contributed by atoms with Gasteiger partial charge in [-0.15, -0.1) is 0 Å². The van der Waals surface area contributed by atoms with Crippen LogP contribution < -0.4 is 10.6 Å². The Hall–Kier alpha value is -2.82. The molecule has 0 heterocycles. The number of hydrogen-bond acceptors (Lipinski definition) is 3. The van der Waals surface area contributed by atoms with Crippen LogP contribution in [-0.4, -0.2) is 16.9 Å². The van der Waals surface area contributed by atoms with Gasteiger partial charge in [-0.25, -0.2) is 0 Å². The molecule has 0 spiro atoms. The van der Waals surface area contributed by atoms with Crippen molar-refractivity contribution < 1.29 is 14.7 Å². The maximum Gasteiger partial charge on any atom is 0.309 e. The minimum Gasteiger partial charge on any atom is -0.508 e. The molecule has 5 nitrogen and oxygen atoms in total. The highest BCUT2D eigenvalue weighted by molar-refractivity contribution is 6.35. The van der Waals surface area contributed by atoms with E-state index in [1.807, 2.05) is 37.3 Å². The maximum absolute atomic E-state index is 12.0. The molecule has 0 aliphatic carbocycles. The Kier molecular flexibility index (Phi) is 5.36. The molecule has 2 amide bonds. The van der Waals surface area contributed by atoms with Crippen LogP contribution in [0.1, 0.15) is 37.1 Å². The number of carbonyl (C=O) groups excluding carboxylic acids is 2. The number of nitrogens with one attached hydrogen (secondary N) is 2. The fourth-order valence-corrected chi connectivity index (χ4v) is 2.20. The summed E-state index contributed by atoms with van der Waals surface area (Å²) in [4.78, 5) is 24.0. The van der Waals surface area contributed by atoms with Gasteiger partial charge in [0.15, 0.2) is 0 Å². The lowest BCUT2D eigenvalue weighted by Crippen LogP contribution is -2.41. The van der Waals surface area contributed by atoms with Crippen LogP contribution in [0.25, 0.3) is 0 Å². The van der Waals surface area contributed by atoms with Crippen LogP contribution >= 0.6 is 0 Å². The first-order chi connectivity index (χ1) is 11.0. The molecule has 0 saturated heterocycles. The lowest BCUT2D eigenvalue weighted by Gasteiger charge is -2.17. The first-order valence-corrected chi connectivity index (χ1v) is 7.42. The van der Waals surface area contributed by atoms with Crippen molar-refractivity contribution >= 4 is 11.8 Å². The van der Waals surface area contributed by atoms with E-state index in [9.17, 15) is 14.7 Å². The second kappa shape index (κ2) is 7.45. The summed E-state index contributed by atoms with van der Waals surface area (Å²) < 4.78 is 0. The molecule has 0 unspecified atom stereocenters. The Bertz CT molecular complexity index is 668. The number of amides is 2. The first-order valence-electron chi connectivity index (χ1n) is 7.42. The molecule has 2 aromatic rings. The quantitative estimate of drug-likeness (QED) is 0.759. The van der Waals surface area contributed by atoms with E-state index in [0.717, 1.165) is 11.1 Å². The van der Waals surface area contributed by atoms with Gasteiger partial charge in [0.05, 0.1) is 12.1 Å². The molecular weight excluding hydrogens is 292 g/mol. The Labute approximate surface area is 135 Å². The van der Waals surface area contributed by atoms with Crippen LogP contribution in [0.4, 0.5) is 0 Å². The third-order valence-corrected chi connectivity index (χ3v) is 3.59. The van der Waals surface area contributed by atoms with Gasteiger partial charge in [0.2, 0.25) is 0 Å². The second-order valence-corrected chi connectivity index (χ2v) is 5.39. The summed E-state index contributed by atoms with van der Waals surface area (Å²) in [5, 5.41) is 14.6. The van der Waals surface area contributed by atoms with Crippen molar-refractivity contribution in [2.24, 2.45) is 0 Å². The summed E-state index contributed by atoms with van der Waals surface area (Å²) in [5.41, 5.74) is 1.74.